The molecule has 0 bridgehead atoms. The second-order valence-corrected chi connectivity index (χ2v) is 7.11. The van der Waals surface area contributed by atoms with Gasteiger partial charge in [-0.2, -0.15) is 0 Å². The van der Waals surface area contributed by atoms with Gasteiger partial charge in [0.25, 0.3) is 11.8 Å². The van der Waals surface area contributed by atoms with Crippen molar-refractivity contribution >= 4 is 29.1 Å². The molecule has 0 fully saturated rings. The first-order chi connectivity index (χ1) is 13.2. The van der Waals surface area contributed by atoms with Gasteiger partial charge in [-0.25, -0.2) is 0 Å². The molecule has 0 saturated heterocycles. The third-order valence-electron chi connectivity index (χ3n) is 4.31. The summed E-state index contributed by atoms with van der Waals surface area (Å²) in [4.78, 5) is 27.6. The van der Waals surface area contributed by atoms with E-state index in [2.05, 4.69) is 0 Å². The minimum absolute atomic E-state index is 0.0600. The van der Waals surface area contributed by atoms with Crippen molar-refractivity contribution in [3.63, 3.8) is 0 Å². The number of ether oxygens (including phenoxy) is 1. The van der Waals surface area contributed by atoms with Crippen molar-refractivity contribution in [2.75, 3.05) is 26.0 Å². The van der Waals surface area contributed by atoms with E-state index >= 15 is 0 Å². The summed E-state index contributed by atoms with van der Waals surface area (Å²) in [5.74, 6) is 0.462. The molecule has 1 aliphatic heterocycles. The van der Waals surface area contributed by atoms with E-state index in [1.165, 1.54) is 16.7 Å². The molecule has 1 heterocycles. The number of rotatable bonds is 8. The maximum Gasteiger partial charge on any atom is 0.267 e. The molecule has 0 radical (unpaired) electrons. The lowest BCUT2D eigenvalue weighted by Gasteiger charge is -2.15. The van der Waals surface area contributed by atoms with Crippen molar-refractivity contribution in [2.45, 2.75) is 6.42 Å². The number of carbonyl (C=O) groups excluding carboxylic acids is 2. The van der Waals surface area contributed by atoms with Gasteiger partial charge >= 0.3 is 0 Å². The van der Waals surface area contributed by atoms with Crippen molar-refractivity contribution in [1.82, 2.24) is 4.90 Å². The van der Waals surface area contributed by atoms with Crippen LogP contribution in [0.5, 0.6) is 5.75 Å². The fraction of sp³-hybridized carbons (Fsp3) is 0.238. The molecule has 27 heavy (non-hydrogen) atoms. The number of amides is 2. The molecule has 2 aromatic rings. The Bertz CT molecular complexity index is 846. The topological polar surface area (TPSA) is 66.8 Å². The summed E-state index contributed by atoms with van der Waals surface area (Å²) in [5.41, 5.74) is 2.14. The number of aliphatic hydroxyl groups is 1. The summed E-state index contributed by atoms with van der Waals surface area (Å²) in [6.45, 7) is 0.264. The van der Waals surface area contributed by atoms with Gasteiger partial charge in [-0.1, -0.05) is 42.5 Å². The second kappa shape index (κ2) is 8.88. The highest BCUT2D eigenvalue weighted by molar-refractivity contribution is 8.04. The SMILES string of the molecule is COc1ccc(C2=C(SCCO)C(=O)N(CCc3ccccc3)C2=O)cc1. The maximum atomic E-state index is 13.0. The molecule has 140 valence electrons. The van der Waals surface area contributed by atoms with Crippen molar-refractivity contribution in [2.24, 2.45) is 0 Å². The zero-order valence-electron chi connectivity index (χ0n) is 15.1. The normalized spacial score (nSPS) is 14.2. The van der Waals surface area contributed by atoms with E-state index in [9.17, 15) is 9.59 Å². The van der Waals surface area contributed by atoms with E-state index in [0.29, 0.717) is 40.5 Å². The van der Waals surface area contributed by atoms with Gasteiger partial charge in [-0.3, -0.25) is 14.5 Å². The second-order valence-electron chi connectivity index (χ2n) is 6.00. The first kappa shape index (κ1) is 19.2. The lowest BCUT2D eigenvalue weighted by atomic mass is 10.1. The fourth-order valence-corrected chi connectivity index (χ4v) is 3.81. The van der Waals surface area contributed by atoms with Crippen LogP contribution in [-0.4, -0.2) is 47.8 Å². The number of benzene rings is 2. The van der Waals surface area contributed by atoms with Gasteiger partial charge < -0.3 is 9.84 Å². The van der Waals surface area contributed by atoms with E-state index in [4.69, 9.17) is 9.84 Å². The zero-order chi connectivity index (χ0) is 19.2. The lowest BCUT2D eigenvalue weighted by molar-refractivity contribution is -0.136. The number of nitrogens with zero attached hydrogens (tertiary/aromatic N) is 1. The lowest BCUT2D eigenvalue weighted by Crippen LogP contribution is -2.33. The van der Waals surface area contributed by atoms with Gasteiger partial charge in [0.15, 0.2) is 0 Å². The monoisotopic (exact) mass is 383 g/mol. The van der Waals surface area contributed by atoms with E-state index < -0.39 is 0 Å². The minimum Gasteiger partial charge on any atom is -0.497 e. The summed E-state index contributed by atoms with van der Waals surface area (Å²) in [6.07, 6.45) is 0.603. The quantitative estimate of drug-likeness (QED) is 0.710. The van der Waals surface area contributed by atoms with Crippen LogP contribution in [0.3, 0.4) is 0 Å². The van der Waals surface area contributed by atoms with Crippen molar-refractivity contribution in [1.29, 1.82) is 0 Å². The molecule has 0 aliphatic carbocycles. The smallest absolute Gasteiger partial charge is 0.267 e. The van der Waals surface area contributed by atoms with Crippen molar-refractivity contribution < 1.29 is 19.4 Å². The summed E-state index contributed by atoms with van der Waals surface area (Å²) in [7, 11) is 1.58. The third kappa shape index (κ3) is 4.23. The number of aliphatic hydroxyl groups excluding tert-OH is 1. The van der Waals surface area contributed by atoms with Crippen LogP contribution >= 0.6 is 11.8 Å². The largest absolute Gasteiger partial charge is 0.497 e. The number of methoxy groups -OCH3 is 1. The van der Waals surface area contributed by atoms with Gasteiger partial charge in [-0.05, 0) is 29.7 Å². The molecule has 6 heteroatoms. The van der Waals surface area contributed by atoms with E-state index in [-0.39, 0.29) is 18.4 Å². The van der Waals surface area contributed by atoms with Gasteiger partial charge in [0.1, 0.15) is 5.75 Å². The van der Waals surface area contributed by atoms with Gasteiger partial charge in [0.2, 0.25) is 0 Å². The molecule has 2 aromatic carbocycles. The average Bonchev–Trinajstić information content (AvgIpc) is 2.95. The van der Waals surface area contributed by atoms with Crippen molar-refractivity contribution in [3.8, 4) is 5.75 Å². The van der Waals surface area contributed by atoms with E-state index in [1.54, 1.807) is 31.4 Å². The Morgan fingerprint density at radius 3 is 2.33 bits per heavy atom. The molecule has 0 spiro atoms. The predicted octanol–water partition coefficient (Wildman–Crippen LogP) is 2.74. The Balaban J connectivity index is 1.86. The molecule has 1 aliphatic rings. The molecular formula is C21H21NO4S. The van der Waals surface area contributed by atoms with Crippen molar-refractivity contribution in [3.05, 3.63) is 70.6 Å². The van der Waals surface area contributed by atoms with E-state index in [0.717, 1.165) is 5.56 Å². The number of carbonyl (C=O) groups is 2. The third-order valence-corrected chi connectivity index (χ3v) is 5.36. The van der Waals surface area contributed by atoms with Gasteiger partial charge in [0, 0.05) is 12.3 Å². The fourth-order valence-electron chi connectivity index (χ4n) is 2.94. The summed E-state index contributed by atoms with van der Waals surface area (Å²) < 4.78 is 5.16. The molecule has 2 amide bonds. The Morgan fingerprint density at radius 2 is 1.70 bits per heavy atom. The Kier molecular flexibility index (Phi) is 6.32. The molecule has 3 rings (SSSR count). The average molecular weight is 383 g/mol. The molecule has 0 unspecified atom stereocenters. The Labute approximate surface area is 162 Å². The predicted molar refractivity (Wildman–Crippen MR) is 106 cm³/mol. The summed E-state index contributed by atoms with van der Waals surface area (Å²) in [5, 5.41) is 9.15. The first-order valence-electron chi connectivity index (χ1n) is 8.68. The van der Waals surface area contributed by atoms with Crippen LogP contribution in [0, 0.1) is 0 Å². The van der Waals surface area contributed by atoms with Crippen LogP contribution in [0.25, 0.3) is 5.57 Å². The molecule has 0 saturated carbocycles. The van der Waals surface area contributed by atoms with Crippen LogP contribution in [0.1, 0.15) is 11.1 Å². The highest BCUT2D eigenvalue weighted by atomic mass is 32.2. The Morgan fingerprint density at radius 1 is 1.00 bits per heavy atom. The minimum atomic E-state index is -0.291. The molecule has 0 atom stereocenters. The molecule has 5 nitrogen and oxygen atoms in total. The van der Waals surface area contributed by atoms with Crippen LogP contribution < -0.4 is 4.74 Å². The summed E-state index contributed by atoms with van der Waals surface area (Å²) in [6, 6.07) is 16.8. The van der Waals surface area contributed by atoms with Gasteiger partial charge in [-0.15, -0.1) is 11.8 Å². The van der Waals surface area contributed by atoms with Crippen LogP contribution in [0.2, 0.25) is 0 Å². The standard InChI is InChI=1S/C21H21NO4S/c1-26-17-9-7-16(8-10-17)18-19(27-14-13-23)21(25)22(20(18)24)12-11-15-5-3-2-4-6-15/h2-10,23H,11-14H2,1H3. The summed E-state index contributed by atoms with van der Waals surface area (Å²) >= 11 is 1.22. The molecule has 0 aromatic heterocycles. The zero-order valence-corrected chi connectivity index (χ0v) is 15.9. The first-order valence-corrected chi connectivity index (χ1v) is 9.66. The number of hydrogen-bond acceptors (Lipinski definition) is 5. The number of thioether (sulfide) groups is 1. The highest BCUT2D eigenvalue weighted by Gasteiger charge is 2.38. The Hall–Kier alpha value is -2.57. The molecule has 1 N–H and O–H groups in total. The number of hydrogen-bond donors (Lipinski definition) is 1. The number of imide groups is 1. The highest BCUT2D eigenvalue weighted by Crippen LogP contribution is 2.36. The van der Waals surface area contributed by atoms with Gasteiger partial charge in [0.05, 0.1) is 24.2 Å². The van der Waals surface area contributed by atoms with Crippen LogP contribution in [0.4, 0.5) is 0 Å². The van der Waals surface area contributed by atoms with E-state index in [1.807, 2.05) is 30.3 Å². The maximum absolute atomic E-state index is 13.0. The van der Waals surface area contributed by atoms with Crippen LogP contribution in [-0.2, 0) is 16.0 Å². The van der Waals surface area contributed by atoms with Crippen LogP contribution in [0.15, 0.2) is 59.5 Å². The molecular weight excluding hydrogens is 362 g/mol.